The van der Waals surface area contributed by atoms with E-state index in [2.05, 4.69) is 15.9 Å². The Kier molecular flexibility index (Phi) is 6.03. The van der Waals surface area contributed by atoms with E-state index in [0.717, 1.165) is 6.07 Å². The molecular weight excluding hydrogens is 386 g/mol. The van der Waals surface area contributed by atoms with E-state index >= 15 is 0 Å². The van der Waals surface area contributed by atoms with Gasteiger partial charge in [-0.1, -0.05) is 0 Å². The fourth-order valence-corrected chi connectivity index (χ4v) is 2.36. The quantitative estimate of drug-likeness (QED) is 0.522. The molecule has 126 valence electrons. The molecule has 0 N–H and O–H groups in total. The van der Waals surface area contributed by atoms with Gasteiger partial charge in [-0.25, -0.2) is 8.78 Å². The van der Waals surface area contributed by atoms with E-state index < -0.39 is 24.1 Å². The summed E-state index contributed by atoms with van der Waals surface area (Å²) in [7, 11) is 1.40. The van der Waals surface area contributed by atoms with Gasteiger partial charge >= 0.3 is 0 Å². The Morgan fingerprint density at radius 1 is 1.04 bits per heavy atom. The van der Waals surface area contributed by atoms with Gasteiger partial charge in [0.2, 0.25) is 11.6 Å². The van der Waals surface area contributed by atoms with Crippen molar-refractivity contribution in [2.45, 2.75) is 0 Å². The molecule has 0 saturated heterocycles. The van der Waals surface area contributed by atoms with E-state index in [1.807, 2.05) is 0 Å². The third-order valence-electron chi connectivity index (χ3n) is 3.15. The minimum Gasteiger partial charge on any atom is -0.493 e. The van der Waals surface area contributed by atoms with Crippen molar-refractivity contribution >= 4 is 27.5 Å². The third kappa shape index (κ3) is 3.97. The van der Waals surface area contributed by atoms with Crippen molar-refractivity contribution in [1.82, 2.24) is 0 Å². The Labute approximate surface area is 145 Å². The van der Waals surface area contributed by atoms with Gasteiger partial charge in [0.25, 0.3) is 0 Å². The van der Waals surface area contributed by atoms with Crippen LogP contribution >= 0.6 is 15.9 Å². The van der Waals surface area contributed by atoms with Gasteiger partial charge in [-0.3, -0.25) is 9.59 Å². The van der Waals surface area contributed by atoms with Crippen molar-refractivity contribution in [3.8, 4) is 11.5 Å². The number of carbonyl (C=O) groups excluding carboxylic acids is 2. The van der Waals surface area contributed by atoms with Crippen LogP contribution in [0.4, 0.5) is 8.78 Å². The van der Waals surface area contributed by atoms with Crippen molar-refractivity contribution in [2.75, 3.05) is 20.4 Å². The van der Waals surface area contributed by atoms with Crippen molar-refractivity contribution in [3.63, 3.8) is 0 Å². The number of hydrogen-bond acceptors (Lipinski definition) is 4. The molecule has 0 heterocycles. The van der Waals surface area contributed by atoms with Crippen LogP contribution in [-0.2, 0) is 0 Å². The van der Waals surface area contributed by atoms with Gasteiger partial charge in [0.05, 0.1) is 11.6 Å². The molecule has 0 atom stereocenters. The first-order valence-electron chi connectivity index (χ1n) is 6.88. The van der Waals surface area contributed by atoms with Gasteiger partial charge in [-0.05, 0) is 52.3 Å². The molecule has 24 heavy (non-hydrogen) atoms. The van der Waals surface area contributed by atoms with E-state index in [1.54, 1.807) is 0 Å². The molecular formula is C17H13BrF2O4. The van der Waals surface area contributed by atoms with Gasteiger partial charge < -0.3 is 9.47 Å². The Morgan fingerprint density at radius 2 is 1.67 bits per heavy atom. The second-order valence-electron chi connectivity index (χ2n) is 4.69. The zero-order valence-corrected chi connectivity index (χ0v) is 14.2. The second kappa shape index (κ2) is 8.01. The summed E-state index contributed by atoms with van der Waals surface area (Å²) >= 11 is 2.97. The minimum absolute atomic E-state index is 0.0512. The van der Waals surface area contributed by atoms with Crippen molar-refractivity contribution in [3.05, 3.63) is 57.8 Å². The molecule has 4 nitrogen and oxygen atoms in total. The number of rotatable bonds is 7. The molecule has 0 aliphatic rings. The van der Waals surface area contributed by atoms with Crippen LogP contribution in [0.15, 0.2) is 40.9 Å². The lowest BCUT2D eigenvalue weighted by Gasteiger charge is -2.11. The summed E-state index contributed by atoms with van der Waals surface area (Å²) < 4.78 is 35.8. The molecule has 2 aromatic carbocycles. The average Bonchev–Trinajstić information content (AvgIpc) is 2.60. The highest BCUT2D eigenvalue weighted by Gasteiger charge is 2.21. The van der Waals surface area contributed by atoms with Crippen LogP contribution in [0.5, 0.6) is 11.5 Å². The van der Waals surface area contributed by atoms with Crippen LogP contribution in [0, 0.1) is 5.82 Å². The fraction of sp³-hybridized carbons (Fsp3) is 0.176. The number of Topliss-reactive ketones (excluding diaryl/α,β-unsaturated/α-hetero) is 2. The number of benzene rings is 2. The van der Waals surface area contributed by atoms with Crippen molar-refractivity contribution < 1.29 is 27.8 Å². The van der Waals surface area contributed by atoms with Crippen LogP contribution in [0.25, 0.3) is 0 Å². The monoisotopic (exact) mass is 398 g/mol. The zero-order valence-electron chi connectivity index (χ0n) is 12.6. The maximum absolute atomic E-state index is 13.2. The molecule has 0 fully saturated rings. The summed E-state index contributed by atoms with van der Waals surface area (Å²) in [5.41, 5.74) is 0.116. The predicted octanol–water partition coefficient (Wildman–Crippen LogP) is 4.01. The predicted molar refractivity (Wildman–Crippen MR) is 87.2 cm³/mol. The Bertz CT molecular complexity index is 777. The third-order valence-corrected chi connectivity index (χ3v) is 3.76. The maximum atomic E-state index is 13.2. The lowest BCUT2D eigenvalue weighted by molar-refractivity contribution is 0.0816. The van der Waals surface area contributed by atoms with E-state index in [0.29, 0.717) is 5.75 Å². The molecule has 0 unspecified atom stereocenters. The molecule has 0 amide bonds. The molecule has 0 saturated carbocycles. The summed E-state index contributed by atoms with van der Waals surface area (Å²) in [5, 5.41) is 0. The zero-order chi connectivity index (χ0) is 17.7. The maximum Gasteiger partial charge on any atom is 0.233 e. The minimum atomic E-state index is -0.794. The average molecular weight is 399 g/mol. The van der Waals surface area contributed by atoms with Crippen LogP contribution < -0.4 is 9.47 Å². The van der Waals surface area contributed by atoms with E-state index in [9.17, 15) is 18.4 Å². The first-order chi connectivity index (χ1) is 11.5. The molecule has 0 radical (unpaired) electrons. The normalized spacial score (nSPS) is 10.3. The SMILES string of the molecule is COc1ccc(C(=O)C(=O)c2ccc(F)c(Br)c2)cc1OCCF. The molecule has 0 aliphatic heterocycles. The van der Waals surface area contributed by atoms with E-state index in [4.69, 9.17) is 9.47 Å². The second-order valence-corrected chi connectivity index (χ2v) is 5.54. The van der Waals surface area contributed by atoms with Gasteiger partial charge in [0.15, 0.2) is 11.5 Å². The molecule has 2 aromatic rings. The summed E-state index contributed by atoms with van der Waals surface area (Å²) in [4.78, 5) is 24.6. The Hall–Kier alpha value is -2.28. The first-order valence-corrected chi connectivity index (χ1v) is 7.68. The van der Waals surface area contributed by atoms with Gasteiger partial charge in [0, 0.05) is 11.1 Å². The highest BCUT2D eigenvalue weighted by Crippen LogP contribution is 2.29. The summed E-state index contributed by atoms with van der Waals surface area (Å²) in [5.74, 6) is -1.64. The number of ketones is 2. The number of halogens is 3. The van der Waals surface area contributed by atoms with Crippen molar-refractivity contribution in [2.24, 2.45) is 0 Å². The van der Waals surface area contributed by atoms with Crippen molar-refractivity contribution in [1.29, 1.82) is 0 Å². The van der Waals surface area contributed by atoms with E-state index in [1.165, 1.54) is 37.4 Å². The topological polar surface area (TPSA) is 52.6 Å². The number of methoxy groups -OCH3 is 1. The van der Waals surface area contributed by atoms with Crippen LogP contribution in [0.1, 0.15) is 20.7 Å². The fourth-order valence-electron chi connectivity index (χ4n) is 1.98. The van der Waals surface area contributed by atoms with Crippen LogP contribution in [0.3, 0.4) is 0 Å². The largest absolute Gasteiger partial charge is 0.493 e. The standard InChI is InChI=1S/C17H13BrF2O4/c1-23-14-5-3-11(9-15(14)24-7-6-19)17(22)16(21)10-2-4-13(20)12(18)8-10/h2-5,8-9H,6-7H2,1H3. The number of hydrogen-bond donors (Lipinski definition) is 0. The highest BCUT2D eigenvalue weighted by molar-refractivity contribution is 9.10. The number of ether oxygens (including phenoxy) is 2. The molecule has 7 heteroatoms. The molecule has 0 bridgehead atoms. The number of carbonyl (C=O) groups is 2. The van der Waals surface area contributed by atoms with Crippen LogP contribution in [-0.4, -0.2) is 32.0 Å². The lowest BCUT2D eigenvalue weighted by atomic mass is 10.0. The summed E-state index contributed by atoms with van der Waals surface area (Å²) in [6.07, 6.45) is 0. The van der Waals surface area contributed by atoms with Gasteiger partial charge in [-0.15, -0.1) is 0 Å². The molecule has 2 rings (SSSR count). The molecule has 0 aliphatic carbocycles. The summed E-state index contributed by atoms with van der Waals surface area (Å²) in [6.45, 7) is -0.906. The Morgan fingerprint density at radius 3 is 2.25 bits per heavy atom. The van der Waals surface area contributed by atoms with Gasteiger partial charge in [-0.2, -0.15) is 0 Å². The number of alkyl halides is 1. The first kappa shape index (κ1) is 18.1. The smallest absolute Gasteiger partial charge is 0.233 e. The van der Waals surface area contributed by atoms with Gasteiger partial charge in [0.1, 0.15) is 19.1 Å². The summed E-state index contributed by atoms with van der Waals surface area (Å²) in [6, 6.07) is 7.72. The van der Waals surface area contributed by atoms with Crippen LogP contribution in [0.2, 0.25) is 0 Å². The molecule has 0 aromatic heterocycles. The lowest BCUT2D eigenvalue weighted by Crippen LogP contribution is -2.15. The molecule has 0 spiro atoms. The Balaban J connectivity index is 2.31. The highest BCUT2D eigenvalue weighted by atomic mass is 79.9. The van der Waals surface area contributed by atoms with E-state index in [-0.39, 0.29) is 28.0 Å².